The number of allylic oxidation sites excluding steroid dienone is 2. The Bertz CT molecular complexity index is 880. The monoisotopic (exact) mass is 399 g/mol. The van der Waals surface area contributed by atoms with Crippen molar-refractivity contribution < 1.29 is 23.8 Å². The van der Waals surface area contributed by atoms with E-state index >= 15 is 0 Å². The fraction of sp³-hybridized carbons (Fsp3) is 0.565. The van der Waals surface area contributed by atoms with E-state index in [1.807, 2.05) is 12.1 Å². The summed E-state index contributed by atoms with van der Waals surface area (Å²) >= 11 is 0. The minimum atomic E-state index is -0.252. The van der Waals surface area contributed by atoms with Gasteiger partial charge in [0.1, 0.15) is 18.1 Å². The summed E-state index contributed by atoms with van der Waals surface area (Å²) in [6.45, 7) is 4.63. The Morgan fingerprint density at radius 3 is 2.76 bits per heavy atom. The molecule has 0 saturated carbocycles. The first-order chi connectivity index (χ1) is 13.9. The molecule has 2 amide bonds. The summed E-state index contributed by atoms with van der Waals surface area (Å²) in [6.07, 6.45) is 5.35. The smallest absolute Gasteiger partial charge is 0.233 e. The number of hydrogen-bond donors (Lipinski definition) is 1. The van der Waals surface area contributed by atoms with Crippen LogP contribution in [-0.4, -0.2) is 41.6 Å². The molecule has 1 aromatic rings. The molecule has 6 heteroatoms. The standard InChI is InChI=1S/C23H29NO5/c1-4-14(10-15-6-7-16(11-25)29-15)5-8-19-20-13(2)9-17-21(18(20)12-28-19)23(27)24(3)22(17)26/h6-7,10,17-19,21,25H,4-5,8-9,11-12H2,1-3H3/b14-10+/t17-,18+,19-,21-/m1/s1. The molecule has 1 N–H and O–H groups in total. The number of amides is 2. The van der Waals surface area contributed by atoms with Gasteiger partial charge in [0, 0.05) is 13.0 Å². The van der Waals surface area contributed by atoms with Gasteiger partial charge in [0.05, 0.1) is 24.5 Å². The number of carbonyl (C=O) groups excluding carboxylic acids is 2. The second-order valence-electron chi connectivity index (χ2n) is 8.39. The third-order valence-corrected chi connectivity index (χ3v) is 6.74. The number of hydrogen-bond acceptors (Lipinski definition) is 5. The molecule has 3 aliphatic rings. The number of carbonyl (C=O) groups is 2. The van der Waals surface area contributed by atoms with Crippen LogP contribution < -0.4 is 0 Å². The summed E-state index contributed by atoms with van der Waals surface area (Å²) < 4.78 is 11.7. The van der Waals surface area contributed by atoms with Gasteiger partial charge < -0.3 is 14.3 Å². The number of imide groups is 1. The van der Waals surface area contributed by atoms with E-state index < -0.39 is 0 Å². The van der Waals surface area contributed by atoms with Crippen LogP contribution in [0.25, 0.3) is 6.08 Å². The lowest BCUT2D eigenvalue weighted by molar-refractivity contribution is -0.138. The maximum Gasteiger partial charge on any atom is 0.233 e. The van der Waals surface area contributed by atoms with Crippen molar-refractivity contribution in [1.29, 1.82) is 0 Å². The first kappa shape index (κ1) is 20.1. The zero-order chi connectivity index (χ0) is 20.7. The first-order valence-corrected chi connectivity index (χ1v) is 10.5. The molecule has 0 radical (unpaired) electrons. The Balaban J connectivity index is 1.48. The second kappa shape index (κ2) is 7.92. The van der Waals surface area contributed by atoms with Gasteiger partial charge in [0.25, 0.3) is 0 Å². The molecule has 4 atom stereocenters. The van der Waals surface area contributed by atoms with Crippen molar-refractivity contribution >= 4 is 17.9 Å². The summed E-state index contributed by atoms with van der Waals surface area (Å²) in [6, 6.07) is 3.66. The Morgan fingerprint density at radius 2 is 2.07 bits per heavy atom. The normalized spacial score (nSPS) is 29.7. The average Bonchev–Trinajstić information content (AvgIpc) is 3.40. The quantitative estimate of drug-likeness (QED) is 0.586. The summed E-state index contributed by atoms with van der Waals surface area (Å²) in [5.41, 5.74) is 3.73. The fourth-order valence-electron chi connectivity index (χ4n) is 5.21. The van der Waals surface area contributed by atoms with Gasteiger partial charge in [-0.05, 0) is 56.4 Å². The van der Waals surface area contributed by atoms with Crippen molar-refractivity contribution in [3.63, 3.8) is 0 Å². The van der Waals surface area contributed by atoms with Crippen molar-refractivity contribution in [2.24, 2.45) is 17.8 Å². The van der Waals surface area contributed by atoms with E-state index in [0.29, 0.717) is 18.8 Å². The van der Waals surface area contributed by atoms with Gasteiger partial charge in [-0.2, -0.15) is 0 Å². The number of aliphatic hydroxyl groups is 1. The molecule has 4 rings (SSSR count). The van der Waals surface area contributed by atoms with Gasteiger partial charge in [-0.3, -0.25) is 14.5 Å². The van der Waals surface area contributed by atoms with Gasteiger partial charge in [-0.25, -0.2) is 0 Å². The number of furan rings is 1. The zero-order valence-corrected chi connectivity index (χ0v) is 17.3. The van der Waals surface area contributed by atoms with Crippen LogP contribution in [0.15, 0.2) is 33.3 Å². The molecule has 0 spiro atoms. The lowest BCUT2D eigenvalue weighted by atomic mass is 9.70. The van der Waals surface area contributed by atoms with E-state index in [2.05, 4.69) is 13.8 Å². The van der Waals surface area contributed by atoms with Crippen molar-refractivity contribution in [3.05, 3.63) is 40.4 Å². The minimum Gasteiger partial charge on any atom is -0.459 e. The number of rotatable bonds is 6. The van der Waals surface area contributed by atoms with E-state index in [9.17, 15) is 9.59 Å². The first-order valence-electron chi connectivity index (χ1n) is 10.5. The molecule has 1 aliphatic carbocycles. The average molecular weight is 399 g/mol. The van der Waals surface area contributed by atoms with Crippen molar-refractivity contribution in [2.75, 3.05) is 13.7 Å². The van der Waals surface area contributed by atoms with E-state index in [4.69, 9.17) is 14.3 Å². The van der Waals surface area contributed by atoms with Crippen LogP contribution in [-0.2, 0) is 20.9 Å². The van der Waals surface area contributed by atoms with Crippen LogP contribution in [0.3, 0.4) is 0 Å². The van der Waals surface area contributed by atoms with E-state index in [1.54, 1.807) is 13.1 Å². The highest BCUT2D eigenvalue weighted by molar-refractivity contribution is 6.05. The fourth-order valence-corrected chi connectivity index (χ4v) is 5.21. The molecular formula is C23H29NO5. The molecule has 3 heterocycles. The van der Waals surface area contributed by atoms with Crippen LogP contribution in [0.4, 0.5) is 0 Å². The Kier molecular flexibility index (Phi) is 5.49. The van der Waals surface area contributed by atoms with Crippen LogP contribution in [0, 0.1) is 17.8 Å². The van der Waals surface area contributed by atoms with Gasteiger partial charge in [0.2, 0.25) is 11.8 Å². The van der Waals surface area contributed by atoms with Gasteiger partial charge in [-0.15, -0.1) is 0 Å². The Morgan fingerprint density at radius 1 is 1.28 bits per heavy atom. The Hall–Kier alpha value is -2.18. The second-order valence-corrected chi connectivity index (χ2v) is 8.39. The molecule has 0 bridgehead atoms. The molecule has 156 valence electrons. The molecule has 2 aliphatic heterocycles. The van der Waals surface area contributed by atoms with Crippen LogP contribution in [0.1, 0.15) is 51.1 Å². The third-order valence-electron chi connectivity index (χ3n) is 6.74. The van der Waals surface area contributed by atoms with Crippen LogP contribution in [0.2, 0.25) is 0 Å². The van der Waals surface area contributed by atoms with E-state index in [0.717, 1.165) is 25.0 Å². The summed E-state index contributed by atoms with van der Waals surface area (Å²) in [4.78, 5) is 26.4. The summed E-state index contributed by atoms with van der Waals surface area (Å²) in [7, 11) is 1.60. The predicted octanol–water partition coefficient (Wildman–Crippen LogP) is 3.31. The number of likely N-dealkylation sites (tertiary alicyclic amines) is 1. The number of aliphatic hydroxyl groups excluding tert-OH is 1. The largest absolute Gasteiger partial charge is 0.459 e. The van der Waals surface area contributed by atoms with Crippen LogP contribution in [0.5, 0.6) is 0 Å². The third kappa shape index (κ3) is 3.49. The number of nitrogens with zero attached hydrogens (tertiary/aromatic N) is 1. The summed E-state index contributed by atoms with van der Waals surface area (Å²) in [5, 5.41) is 9.16. The van der Waals surface area contributed by atoms with Gasteiger partial charge in [-0.1, -0.05) is 18.1 Å². The summed E-state index contributed by atoms with van der Waals surface area (Å²) in [5.74, 6) is 0.792. The highest BCUT2D eigenvalue weighted by Crippen LogP contribution is 2.49. The maximum atomic E-state index is 12.6. The number of ether oxygens (including phenoxy) is 1. The van der Waals surface area contributed by atoms with Gasteiger partial charge in [0.15, 0.2) is 0 Å². The maximum absolute atomic E-state index is 12.6. The van der Waals surface area contributed by atoms with Gasteiger partial charge >= 0.3 is 0 Å². The Labute approximate surface area is 171 Å². The van der Waals surface area contributed by atoms with Crippen molar-refractivity contribution in [1.82, 2.24) is 4.90 Å². The highest BCUT2D eigenvalue weighted by Gasteiger charge is 2.55. The predicted molar refractivity (Wildman–Crippen MR) is 107 cm³/mol. The zero-order valence-electron chi connectivity index (χ0n) is 17.3. The van der Waals surface area contributed by atoms with Crippen molar-refractivity contribution in [2.45, 2.75) is 52.2 Å². The van der Waals surface area contributed by atoms with Crippen molar-refractivity contribution in [3.8, 4) is 0 Å². The highest BCUT2D eigenvalue weighted by atomic mass is 16.5. The molecule has 2 saturated heterocycles. The number of fused-ring (bicyclic) bond motifs is 3. The molecule has 0 unspecified atom stereocenters. The molecule has 29 heavy (non-hydrogen) atoms. The minimum absolute atomic E-state index is 0.00862. The molecule has 6 nitrogen and oxygen atoms in total. The molecule has 0 aromatic carbocycles. The topological polar surface area (TPSA) is 80.0 Å². The molecule has 1 aromatic heterocycles. The SMILES string of the molecule is CC/C(=C\c1ccc(CO)o1)CC[C@H]1OC[C@H]2C1=C(C)C[C@H]1C(=O)N(C)C(=O)[C@H]12. The molecular weight excluding hydrogens is 370 g/mol. The molecule has 2 fully saturated rings. The van der Waals surface area contributed by atoms with E-state index in [-0.39, 0.29) is 42.3 Å². The van der Waals surface area contributed by atoms with E-state index in [1.165, 1.54) is 21.6 Å². The lowest BCUT2D eigenvalue weighted by Crippen LogP contribution is -2.33. The lowest BCUT2D eigenvalue weighted by Gasteiger charge is -2.30. The van der Waals surface area contributed by atoms with Crippen LogP contribution >= 0.6 is 0 Å².